The van der Waals surface area contributed by atoms with Crippen molar-refractivity contribution < 1.29 is 14.3 Å². The number of aliphatic imine (C=N–C) groups is 1. The van der Waals surface area contributed by atoms with Gasteiger partial charge in [0.15, 0.2) is 5.90 Å². The van der Waals surface area contributed by atoms with Crippen LogP contribution in [0.3, 0.4) is 0 Å². The number of halogens is 1. The molecule has 2 aliphatic heterocycles. The third-order valence-corrected chi connectivity index (χ3v) is 2.83. The predicted octanol–water partition coefficient (Wildman–Crippen LogP) is 1.64. The molecule has 2 aliphatic rings. The Bertz CT molecular complexity index is 351. The summed E-state index contributed by atoms with van der Waals surface area (Å²) in [6, 6.07) is 0.0104. The van der Waals surface area contributed by atoms with Crippen molar-refractivity contribution in [2.45, 2.75) is 38.5 Å². The Kier molecular flexibility index (Phi) is 3.21. The number of ether oxygens (including phenoxy) is 2. The molecule has 0 aliphatic carbocycles. The van der Waals surface area contributed by atoms with Crippen molar-refractivity contribution >= 4 is 23.6 Å². The SMILES string of the molecule is CC(C)(C)OC(=O)N1CC2N=C(CCl)OC2C1. The second kappa shape index (κ2) is 4.37. The van der Waals surface area contributed by atoms with E-state index in [1.54, 1.807) is 4.90 Å². The molecule has 0 spiro atoms. The molecule has 1 amide bonds. The zero-order valence-corrected chi connectivity index (χ0v) is 11.0. The number of fused-ring (bicyclic) bond motifs is 1. The van der Waals surface area contributed by atoms with E-state index in [1.807, 2.05) is 20.8 Å². The maximum atomic E-state index is 11.8. The average molecular weight is 261 g/mol. The normalized spacial score (nSPS) is 27.5. The number of nitrogens with zero attached hydrogens (tertiary/aromatic N) is 2. The number of carbonyl (C=O) groups is 1. The van der Waals surface area contributed by atoms with Crippen LogP contribution in [0.1, 0.15) is 20.8 Å². The van der Waals surface area contributed by atoms with Crippen LogP contribution in [-0.2, 0) is 9.47 Å². The fraction of sp³-hybridized carbons (Fsp3) is 0.818. The van der Waals surface area contributed by atoms with Crippen molar-refractivity contribution in [1.29, 1.82) is 0 Å². The minimum Gasteiger partial charge on any atom is -0.473 e. The number of alkyl halides is 1. The van der Waals surface area contributed by atoms with Gasteiger partial charge in [0.05, 0.1) is 19.0 Å². The second-order valence-electron chi connectivity index (χ2n) is 5.27. The van der Waals surface area contributed by atoms with Gasteiger partial charge in [-0.05, 0) is 20.8 Å². The molecule has 0 N–H and O–H groups in total. The fourth-order valence-corrected chi connectivity index (χ4v) is 2.06. The highest BCUT2D eigenvalue weighted by molar-refractivity contribution is 6.27. The molecule has 0 saturated carbocycles. The number of hydrogen-bond donors (Lipinski definition) is 0. The summed E-state index contributed by atoms with van der Waals surface area (Å²) in [4.78, 5) is 17.8. The smallest absolute Gasteiger partial charge is 0.410 e. The lowest BCUT2D eigenvalue weighted by atomic mass is 10.2. The van der Waals surface area contributed by atoms with E-state index in [2.05, 4.69) is 4.99 Å². The molecule has 1 fully saturated rings. The Morgan fingerprint density at radius 1 is 1.59 bits per heavy atom. The van der Waals surface area contributed by atoms with E-state index in [0.29, 0.717) is 24.9 Å². The van der Waals surface area contributed by atoms with Crippen LogP contribution in [0, 0.1) is 0 Å². The average Bonchev–Trinajstić information content (AvgIpc) is 2.70. The van der Waals surface area contributed by atoms with Gasteiger partial charge in [0.2, 0.25) is 0 Å². The number of hydrogen-bond acceptors (Lipinski definition) is 4. The summed E-state index contributed by atoms with van der Waals surface area (Å²) in [6.45, 7) is 6.61. The molecular formula is C11H17ClN2O3. The van der Waals surface area contributed by atoms with Crippen molar-refractivity contribution in [1.82, 2.24) is 4.90 Å². The molecule has 0 bridgehead atoms. The highest BCUT2D eigenvalue weighted by Crippen LogP contribution is 2.24. The van der Waals surface area contributed by atoms with Gasteiger partial charge in [-0.15, -0.1) is 11.6 Å². The van der Waals surface area contributed by atoms with Crippen LogP contribution in [-0.4, -0.2) is 53.6 Å². The standard InChI is InChI=1S/C11H17ClN2O3/c1-11(2,3)17-10(15)14-5-7-8(6-14)16-9(4-12)13-7/h7-8H,4-6H2,1-3H3. The lowest BCUT2D eigenvalue weighted by Crippen LogP contribution is -2.36. The van der Waals surface area contributed by atoms with Crippen molar-refractivity contribution in [3.63, 3.8) is 0 Å². The van der Waals surface area contributed by atoms with Gasteiger partial charge >= 0.3 is 6.09 Å². The third-order valence-electron chi connectivity index (χ3n) is 2.60. The molecule has 96 valence electrons. The van der Waals surface area contributed by atoms with Crippen molar-refractivity contribution in [3.05, 3.63) is 0 Å². The van der Waals surface area contributed by atoms with Gasteiger partial charge in [-0.1, -0.05) is 0 Å². The highest BCUT2D eigenvalue weighted by Gasteiger charge is 2.42. The molecule has 0 aromatic heterocycles. The fourth-order valence-electron chi connectivity index (χ4n) is 1.93. The van der Waals surface area contributed by atoms with Gasteiger partial charge in [-0.25, -0.2) is 9.79 Å². The first-order valence-electron chi connectivity index (χ1n) is 5.66. The maximum Gasteiger partial charge on any atom is 0.410 e. The molecule has 5 nitrogen and oxygen atoms in total. The van der Waals surface area contributed by atoms with Gasteiger partial charge in [-0.3, -0.25) is 0 Å². The summed E-state index contributed by atoms with van der Waals surface area (Å²) in [6.07, 6.45) is -0.366. The number of rotatable bonds is 1. The molecule has 0 aromatic rings. The lowest BCUT2D eigenvalue weighted by molar-refractivity contribution is 0.0271. The van der Waals surface area contributed by atoms with E-state index in [9.17, 15) is 4.79 Å². The minimum atomic E-state index is -0.472. The number of amides is 1. The van der Waals surface area contributed by atoms with Crippen molar-refractivity contribution in [3.8, 4) is 0 Å². The monoisotopic (exact) mass is 260 g/mol. The summed E-state index contributed by atoms with van der Waals surface area (Å²) in [5, 5.41) is 0. The summed E-state index contributed by atoms with van der Waals surface area (Å²) >= 11 is 5.64. The van der Waals surface area contributed by atoms with E-state index in [4.69, 9.17) is 21.1 Å². The van der Waals surface area contributed by atoms with Gasteiger partial charge in [0.25, 0.3) is 0 Å². The van der Waals surface area contributed by atoms with Crippen LogP contribution in [0.5, 0.6) is 0 Å². The molecule has 2 atom stereocenters. The first-order valence-corrected chi connectivity index (χ1v) is 6.20. The second-order valence-corrected chi connectivity index (χ2v) is 5.53. The van der Waals surface area contributed by atoms with E-state index in [-0.39, 0.29) is 18.2 Å². The third kappa shape index (κ3) is 2.83. The number of carbonyl (C=O) groups excluding carboxylic acids is 1. The van der Waals surface area contributed by atoms with Gasteiger partial charge < -0.3 is 14.4 Å². The molecule has 2 unspecified atom stereocenters. The van der Waals surface area contributed by atoms with Crippen LogP contribution in [0.4, 0.5) is 4.79 Å². The Hall–Kier alpha value is -0.970. The van der Waals surface area contributed by atoms with Crippen LogP contribution < -0.4 is 0 Å². The molecule has 2 heterocycles. The zero-order chi connectivity index (χ0) is 12.6. The molecule has 2 rings (SSSR count). The van der Waals surface area contributed by atoms with Crippen LogP contribution >= 0.6 is 11.6 Å². The predicted molar refractivity (Wildman–Crippen MR) is 64.6 cm³/mol. The Morgan fingerprint density at radius 2 is 2.29 bits per heavy atom. The lowest BCUT2D eigenvalue weighted by Gasteiger charge is -2.24. The van der Waals surface area contributed by atoms with E-state index >= 15 is 0 Å². The topological polar surface area (TPSA) is 51.1 Å². The van der Waals surface area contributed by atoms with Crippen LogP contribution in [0.2, 0.25) is 0 Å². The highest BCUT2D eigenvalue weighted by atomic mass is 35.5. The van der Waals surface area contributed by atoms with E-state index in [1.165, 1.54) is 0 Å². The minimum absolute atomic E-state index is 0.0104. The molecule has 0 aromatic carbocycles. The number of likely N-dealkylation sites (tertiary alicyclic amines) is 1. The van der Waals surface area contributed by atoms with Gasteiger partial charge in [0, 0.05) is 0 Å². The maximum absolute atomic E-state index is 11.8. The molecule has 0 radical (unpaired) electrons. The Labute approximate surface area is 106 Å². The van der Waals surface area contributed by atoms with Gasteiger partial charge in [-0.2, -0.15) is 0 Å². The van der Waals surface area contributed by atoms with E-state index in [0.717, 1.165) is 0 Å². The summed E-state index contributed by atoms with van der Waals surface area (Å²) in [7, 11) is 0. The Balaban J connectivity index is 1.92. The Morgan fingerprint density at radius 3 is 2.82 bits per heavy atom. The molecule has 17 heavy (non-hydrogen) atoms. The van der Waals surface area contributed by atoms with E-state index < -0.39 is 5.60 Å². The quantitative estimate of drug-likeness (QED) is 0.674. The first-order chi connectivity index (χ1) is 7.89. The van der Waals surface area contributed by atoms with Gasteiger partial charge in [0.1, 0.15) is 17.7 Å². The van der Waals surface area contributed by atoms with Crippen LogP contribution in [0.15, 0.2) is 4.99 Å². The van der Waals surface area contributed by atoms with Crippen LogP contribution in [0.25, 0.3) is 0 Å². The first kappa shape index (κ1) is 12.5. The molecule has 1 saturated heterocycles. The summed E-state index contributed by atoms with van der Waals surface area (Å²) in [5.74, 6) is 0.866. The summed E-state index contributed by atoms with van der Waals surface area (Å²) in [5.41, 5.74) is -0.472. The molecular weight excluding hydrogens is 244 g/mol. The van der Waals surface area contributed by atoms with Crippen molar-refractivity contribution in [2.24, 2.45) is 4.99 Å². The largest absolute Gasteiger partial charge is 0.473 e. The molecule has 6 heteroatoms. The van der Waals surface area contributed by atoms with Crippen molar-refractivity contribution in [2.75, 3.05) is 19.0 Å². The summed E-state index contributed by atoms with van der Waals surface area (Å²) < 4.78 is 10.8. The zero-order valence-electron chi connectivity index (χ0n) is 10.3.